The van der Waals surface area contributed by atoms with Crippen LogP contribution < -0.4 is 5.43 Å². The van der Waals surface area contributed by atoms with Crippen molar-refractivity contribution in [2.24, 2.45) is 0 Å². The van der Waals surface area contributed by atoms with Gasteiger partial charge in [-0.05, 0) is 0 Å². The normalized spacial score (nSPS) is 9.23. The zero-order valence-electron chi connectivity index (χ0n) is 6.08. The molecule has 1 heterocycles. The van der Waals surface area contributed by atoms with Gasteiger partial charge in [0, 0.05) is 0 Å². The summed E-state index contributed by atoms with van der Waals surface area (Å²) in [5.74, 6) is -0.296. The topological polar surface area (TPSA) is 124 Å². The molecular weight excluding hydrogens is 182 g/mol. The summed E-state index contributed by atoms with van der Waals surface area (Å²) in [6, 6.07) is 0. The lowest BCUT2D eigenvalue weighted by atomic mass is 10.6. The standard InChI is InChI=1S/C4H3N5O4/c10-8(11)3-1-5-4(6-2-3)7-9(12)13/h1-2H,(H,5,6,7). The van der Waals surface area contributed by atoms with E-state index in [-0.39, 0.29) is 11.6 Å². The van der Waals surface area contributed by atoms with Crippen molar-refractivity contribution >= 4 is 11.6 Å². The van der Waals surface area contributed by atoms with Crippen LogP contribution in [0.25, 0.3) is 0 Å². The lowest BCUT2D eigenvalue weighted by Crippen LogP contribution is -2.10. The number of hydrazine groups is 1. The van der Waals surface area contributed by atoms with E-state index >= 15 is 0 Å². The Kier molecular flexibility index (Phi) is 2.28. The van der Waals surface area contributed by atoms with Crippen LogP contribution >= 0.6 is 0 Å². The third kappa shape index (κ3) is 2.32. The summed E-state index contributed by atoms with van der Waals surface area (Å²) in [6.07, 6.45) is 1.75. The van der Waals surface area contributed by atoms with E-state index in [1.807, 2.05) is 0 Å². The Morgan fingerprint density at radius 3 is 2.15 bits per heavy atom. The molecule has 9 heteroatoms. The van der Waals surface area contributed by atoms with E-state index < -0.39 is 9.96 Å². The molecule has 0 saturated heterocycles. The molecule has 0 spiro atoms. The van der Waals surface area contributed by atoms with Crippen LogP contribution in [-0.2, 0) is 0 Å². The van der Waals surface area contributed by atoms with E-state index in [4.69, 9.17) is 0 Å². The van der Waals surface area contributed by atoms with Gasteiger partial charge in [0.25, 0.3) is 5.95 Å². The molecule has 1 aromatic heterocycles. The van der Waals surface area contributed by atoms with Gasteiger partial charge in [-0.1, -0.05) is 5.43 Å². The van der Waals surface area contributed by atoms with E-state index in [9.17, 15) is 20.2 Å². The molecule has 0 aliphatic carbocycles. The van der Waals surface area contributed by atoms with Crippen molar-refractivity contribution in [2.45, 2.75) is 0 Å². The third-order valence-corrected chi connectivity index (χ3v) is 1.04. The fourth-order valence-electron chi connectivity index (χ4n) is 0.555. The van der Waals surface area contributed by atoms with Gasteiger partial charge in [0.15, 0.2) is 5.03 Å². The predicted octanol–water partition coefficient (Wildman–Crippen LogP) is -0.0116. The second-order valence-electron chi connectivity index (χ2n) is 1.89. The Bertz CT molecular complexity index is 335. The molecule has 13 heavy (non-hydrogen) atoms. The summed E-state index contributed by atoms with van der Waals surface area (Å²) in [5, 5.41) is 19.1. The van der Waals surface area contributed by atoms with Crippen molar-refractivity contribution in [3.05, 3.63) is 32.6 Å². The van der Waals surface area contributed by atoms with Crippen molar-refractivity contribution in [1.82, 2.24) is 9.97 Å². The first-order valence-electron chi connectivity index (χ1n) is 2.97. The molecule has 1 rings (SSSR count). The zero-order valence-corrected chi connectivity index (χ0v) is 6.08. The minimum atomic E-state index is -0.860. The molecule has 0 aliphatic heterocycles. The number of hydrogen-bond donors (Lipinski definition) is 1. The molecule has 0 fully saturated rings. The van der Waals surface area contributed by atoms with Gasteiger partial charge in [-0.25, -0.2) is 20.1 Å². The number of nitrogens with one attached hydrogen (secondary N) is 1. The average molecular weight is 185 g/mol. The number of aromatic nitrogens is 2. The Morgan fingerprint density at radius 2 is 1.77 bits per heavy atom. The summed E-state index contributed by atoms with van der Waals surface area (Å²) >= 11 is 0. The summed E-state index contributed by atoms with van der Waals surface area (Å²) in [6.45, 7) is 0. The van der Waals surface area contributed by atoms with Crippen molar-refractivity contribution in [3.8, 4) is 0 Å². The highest BCUT2D eigenvalue weighted by Crippen LogP contribution is 2.07. The van der Waals surface area contributed by atoms with Crippen LogP contribution in [0, 0.1) is 20.2 Å². The molecule has 0 saturated carbocycles. The van der Waals surface area contributed by atoms with Gasteiger partial charge < -0.3 is 0 Å². The first-order valence-corrected chi connectivity index (χ1v) is 2.97. The number of rotatable bonds is 3. The summed E-state index contributed by atoms with van der Waals surface area (Å²) < 4.78 is 0. The van der Waals surface area contributed by atoms with Crippen LogP contribution in [0.2, 0.25) is 0 Å². The minimum Gasteiger partial charge on any atom is -0.258 e. The molecule has 1 aromatic rings. The SMILES string of the molecule is O=[N+]([O-])Nc1ncc([N+](=O)[O-])cn1. The molecule has 0 bridgehead atoms. The molecule has 0 aliphatic rings. The second kappa shape index (κ2) is 3.38. The molecule has 0 radical (unpaired) electrons. The van der Waals surface area contributed by atoms with Gasteiger partial charge in [-0.3, -0.25) is 10.1 Å². The van der Waals surface area contributed by atoms with Crippen LogP contribution in [0.3, 0.4) is 0 Å². The van der Waals surface area contributed by atoms with Gasteiger partial charge in [-0.2, -0.15) is 0 Å². The molecule has 68 valence electrons. The van der Waals surface area contributed by atoms with Gasteiger partial charge in [-0.15, -0.1) is 0 Å². The Hall–Kier alpha value is -2.32. The number of nitrogens with zero attached hydrogens (tertiary/aromatic N) is 4. The predicted molar refractivity (Wildman–Crippen MR) is 39.3 cm³/mol. The fraction of sp³-hybridized carbons (Fsp3) is 0. The van der Waals surface area contributed by atoms with Crippen molar-refractivity contribution in [2.75, 3.05) is 5.43 Å². The van der Waals surface area contributed by atoms with Crippen LogP contribution in [0.4, 0.5) is 11.6 Å². The van der Waals surface area contributed by atoms with Gasteiger partial charge in [0.1, 0.15) is 12.4 Å². The summed E-state index contributed by atoms with van der Waals surface area (Å²) in [4.78, 5) is 25.9. The van der Waals surface area contributed by atoms with Crippen LogP contribution in [0.5, 0.6) is 0 Å². The van der Waals surface area contributed by atoms with Crippen molar-refractivity contribution < 1.29 is 9.96 Å². The minimum absolute atomic E-state index is 0.296. The van der Waals surface area contributed by atoms with Crippen LogP contribution in [-0.4, -0.2) is 19.9 Å². The lowest BCUT2D eigenvalue weighted by molar-refractivity contribution is -0.446. The van der Waals surface area contributed by atoms with Crippen molar-refractivity contribution in [3.63, 3.8) is 0 Å². The maximum absolute atomic E-state index is 10.1. The van der Waals surface area contributed by atoms with E-state index in [0.29, 0.717) is 0 Å². The lowest BCUT2D eigenvalue weighted by Gasteiger charge is -1.93. The second-order valence-corrected chi connectivity index (χ2v) is 1.89. The Labute approximate surface area is 70.7 Å². The highest BCUT2D eigenvalue weighted by molar-refractivity contribution is 5.28. The van der Waals surface area contributed by atoms with Crippen molar-refractivity contribution in [1.29, 1.82) is 0 Å². The van der Waals surface area contributed by atoms with E-state index in [1.165, 1.54) is 0 Å². The van der Waals surface area contributed by atoms with E-state index in [0.717, 1.165) is 12.4 Å². The largest absolute Gasteiger partial charge is 0.305 e. The Balaban J connectivity index is 2.81. The fourth-order valence-corrected chi connectivity index (χ4v) is 0.555. The first-order chi connectivity index (χ1) is 6.09. The number of anilines is 1. The van der Waals surface area contributed by atoms with Crippen LogP contribution in [0.1, 0.15) is 0 Å². The highest BCUT2D eigenvalue weighted by atomic mass is 16.7. The van der Waals surface area contributed by atoms with Gasteiger partial charge in [0.05, 0.1) is 4.92 Å². The quantitative estimate of drug-likeness (QED) is 0.518. The molecule has 0 unspecified atom stereocenters. The molecule has 9 nitrogen and oxygen atoms in total. The summed E-state index contributed by atoms with van der Waals surface area (Å²) in [5.41, 5.74) is 1.32. The summed E-state index contributed by atoms with van der Waals surface area (Å²) in [7, 11) is 0. The average Bonchev–Trinajstić information content (AvgIpc) is 2.04. The van der Waals surface area contributed by atoms with Gasteiger partial charge in [0.2, 0.25) is 0 Å². The van der Waals surface area contributed by atoms with Gasteiger partial charge >= 0.3 is 5.69 Å². The molecule has 0 aromatic carbocycles. The highest BCUT2D eigenvalue weighted by Gasteiger charge is 2.08. The molecule has 0 atom stereocenters. The maximum Gasteiger partial charge on any atom is 0.305 e. The van der Waals surface area contributed by atoms with Crippen LogP contribution in [0.15, 0.2) is 12.4 Å². The Morgan fingerprint density at radius 1 is 1.23 bits per heavy atom. The first kappa shape index (κ1) is 8.77. The smallest absolute Gasteiger partial charge is 0.258 e. The monoisotopic (exact) mass is 185 g/mol. The zero-order chi connectivity index (χ0) is 9.84. The maximum atomic E-state index is 10.1. The third-order valence-electron chi connectivity index (χ3n) is 1.04. The van der Waals surface area contributed by atoms with E-state index in [1.54, 1.807) is 5.43 Å². The number of hydrogen-bond acceptors (Lipinski definition) is 6. The molecule has 0 amide bonds. The number of nitro groups is 2. The molecule has 1 N–H and O–H groups in total. The van der Waals surface area contributed by atoms with E-state index in [2.05, 4.69) is 9.97 Å². The molecular formula is C4H3N5O4.